The average Bonchev–Trinajstić information content (AvgIpc) is 1.83. The predicted molar refractivity (Wildman–Crippen MR) is 58.1 cm³/mol. The van der Waals surface area contributed by atoms with Crippen LogP contribution in [0.15, 0.2) is 12.7 Å². The molecule has 0 saturated heterocycles. The summed E-state index contributed by atoms with van der Waals surface area (Å²) in [5.41, 5.74) is 0. The average molecular weight is 186 g/mol. The molecule has 0 aliphatic rings. The second-order valence-corrected chi connectivity index (χ2v) is 10.3. The maximum Gasteiger partial charge on any atom is 0.0540 e. The van der Waals surface area contributed by atoms with Crippen LogP contribution in [0.2, 0.25) is 25.7 Å². The topological polar surface area (TPSA) is 20.2 Å². The van der Waals surface area contributed by atoms with Crippen molar-refractivity contribution in [1.29, 1.82) is 0 Å². The Labute approximate surface area is 77.5 Å². The number of aliphatic hydroxyl groups excluding tert-OH is 1. The van der Waals surface area contributed by atoms with Gasteiger partial charge in [0.25, 0.3) is 0 Å². The van der Waals surface area contributed by atoms with Gasteiger partial charge in [-0.05, 0) is 19.3 Å². The van der Waals surface area contributed by atoms with Crippen LogP contribution >= 0.6 is 0 Å². The number of rotatable bonds is 5. The molecule has 0 saturated carbocycles. The molecule has 0 rings (SSSR count). The first-order chi connectivity index (χ1) is 5.37. The van der Waals surface area contributed by atoms with E-state index in [1.807, 2.05) is 13.0 Å². The summed E-state index contributed by atoms with van der Waals surface area (Å²) in [4.78, 5) is 0. The van der Waals surface area contributed by atoms with Crippen LogP contribution in [0.1, 0.15) is 13.3 Å². The first kappa shape index (κ1) is 11.9. The molecule has 2 atom stereocenters. The van der Waals surface area contributed by atoms with Gasteiger partial charge < -0.3 is 5.11 Å². The van der Waals surface area contributed by atoms with Crippen molar-refractivity contribution < 1.29 is 5.11 Å². The third-order valence-electron chi connectivity index (χ3n) is 2.03. The van der Waals surface area contributed by atoms with Gasteiger partial charge in [-0.15, -0.1) is 6.58 Å². The van der Waals surface area contributed by atoms with Gasteiger partial charge in [-0.25, -0.2) is 0 Å². The lowest BCUT2D eigenvalue weighted by Gasteiger charge is -2.25. The summed E-state index contributed by atoms with van der Waals surface area (Å²) < 4.78 is 0. The lowest BCUT2D eigenvalue weighted by molar-refractivity contribution is 0.136. The predicted octanol–water partition coefficient (Wildman–Crippen LogP) is 2.90. The SMILES string of the molecule is C=CC[C@H](C[Si](C)(C)C)[C@H](C)O. The van der Waals surface area contributed by atoms with Crippen molar-refractivity contribution in [3.8, 4) is 0 Å². The zero-order chi connectivity index (χ0) is 9.78. The Morgan fingerprint density at radius 1 is 1.42 bits per heavy atom. The molecule has 0 aliphatic heterocycles. The first-order valence-corrected chi connectivity index (χ1v) is 8.36. The molecular weight excluding hydrogens is 164 g/mol. The standard InChI is InChI=1S/C10H22OSi/c1-6-7-10(9(2)11)8-12(3,4)5/h6,9-11H,1,7-8H2,2-5H3/t9-,10+/m0/s1. The highest BCUT2D eigenvalue weighted by molar-refractivity contribution is 6.76. The Morgan fingerprint density at radius 3 is 2.17 bits per heavy atom. The molecule has 0 aromatic rings. The third kappa shape index (κ3) is 5.55. The second kappa shape index (κ2) is 4.82. The summed E-state index contributed by atoms with van der Waals surface area (Å²) in [5.74, 6) is 0.425. The van der Waals surface area contributed by atoms with Gasteiger partial charge in [-0.1, -0.05) is 31.8 Å². The molecule has 12 heavy (non-hydrogen) atoms. The molecule has 2 heteroatoms. The Morgan fingerprint density at radius 2 is 1.92 bits per heavy atom. The lowest BCUT2D eigenvalue weighted by atomic mass is 10.0. The van der Waals surface area contributed by atoms with E-state index < -0.39 is 8.07 Å². The summed E-state index contributed by atoms with van der Waals surface area (Å²) >= 11 is 0. The lowest BCUT2D eigenvalue weighted by Crippen LogP contribution is -2.28. The van der Waals surface area contributed by atoms with E-state index in [4.69, 9.17) is 0 Å². The molecule has 0 fully saturated rings. The van der Waals surface area contributed by atoms with Gasteiger partial charge in [0.15, 0.2) is 0 Å². The van der Waals surface area contributed by atoms with Gasteiger partial charge in [0, 0.05) is 8.07 Å². The van der Waals surface area contributed by atoms with Crippen LogP contribution in [-0.4, -0.2) is 19.3 Å². The van der Waals surface area contributed by atoms with Crippen molar-refractivity contribution in [2.24, 2.45) is 5.92 Å². The van der Waals surface area contributed by atoms with Crippen LogP contribution in [-0.2, 0) is 0 Å². The molecule has 1 nitrogen and oxygen atoms in total. The number of aliphatic hydroxyl groups is 1. The van der Waals surface area contributed by atoms with Gasteiger partial charge in [0.1, 0.15) is 0 Å². The Kier molecular flexibility index (Phi) is 4.79. The van der Waals surface area contributed by atoms with Crippen LogP contribution in [0.5, 0.6) is 0 Å². The van der Waals surface area contributed by atoms with Gasteiger partial charge in [-0.2, -0.15) is 0 Å². The van der Waals surface area contributed by atoms with Gasteiger partial charge in [0.05, 0.1) is 6.10 Å². The zero-order valence-electron chi connectivity index (χ0n) is 8.80. The molecule has 0 bridgehead atoms. The maximum absolute atomic E-state index is 9.48. The largest absolute Gasteiger partial charge is 0.393 e. The fourth-order valence-corrected chi connectivity index (χ4v) is 3.53. The molecule has 0 spiro atoms. The van der Waals surface area contributed by atoms with Gasteiger partial charge >= 0.3 is 0 Å². The van der Waals surface area contributed by atoms with Crippen LogP contribution in [0.3, 0.4) is 0 Å². The molecule has 0 heterocycles. The summed E-state index contributed by atoms with van der Waals surface area (Å²) in [5, 5.41) is 9.48. The number of hydrogen-bond acceptors (Lipinski definition) is 1. The van der Waals surface area contributed by atoms with Crippen LogP contribution in [0.25, 0.3) is 0 Å². The van der Waals surface area contributed by atoms with Crippen molar-refractivity contribution in [3.63, 3.8) is 0 Å². The molecule has 0 unspecified atom stereocenters. The number of hydrogen-bond donors (Lipinski definition) is 1. The second-order valence-electron chi connectivity index (χ2n) is 4.79. The minimum Gasteiger partial charge on any atom is -0.393 e. The fourth-order valence-electron chi connectivity index (χ4n) is 1.45. The third-order valence-corrected chi connectivity index (χ3v) is 3.78. The van der Waals surface area contributed by atoms with Gasteiger partial charge in [0.2, 0.25) is 0 Å². The normalized spacial score (nSPS) is 17.1. The van der Waals surface area contributed by atoms with E-state index >= 15 is 0 Å². The molecular formula is C10H22OSi. The highest BCUT2D eigenvalue weighted by Crippen LogP contribution is 2.22. The van der Waals surface area contributed by atoms with E-state index in [1.165, 1.54) is 6.04 Å². The van der Waals surface area contributed by atoms with Crippen LogP contribution in [0, 0.1) is 5.92 Å². The maximum atomic E-state index is 9.48. The zero-order valence-corrected chi connectivity index (χ0v) is 9.80. The summed E-state index contributed by atoms with van der Waals surface area (Å²) in [6.07, 6.45) is 2.68. The van der Waals surface area contributed by atoms with E-state index in [9.17, 15) is 5.11 Å². The van der Waals surface area contributed by atoms with E-state index in [1.54, 1.807) is 0 Å². The molecule has 0 aromatic heterocycles. The van der Waals surface area contributed by atoms with E-state index in [0.717, 1.165) is 6.42 Å². The quantitative estimate of drug-likeness (QED) is 0.517. The molecule has 0 radical (unpaired) electrons. The van der Waals surface area contributed by atoms with E-state index in [0.29, 0.717) is 5.92 Å². The van der Waals surface area contributed by atoms with E-state index in [-0.39, 0.29) is 6.10 Å². The highest BCUT2D eigenvalue weighted by atomic mass is 28.3. The van der Waals surface area contributed by atoms with Gasteiger partial charge in [-0.3, -0.25) is 0 Å². The number of allylic oxidation sites excluding steroid dienone is 1. The first-order valence-electron chi connectivity index (χ1n) is 4.66. The molecule has 0 amide bonds. The smallest absolute Gasteiger partial charge is 0.0540 e. The van der Waals surface area contributed by atoms with Crippen molar-refractivity contribution >= 4 is 8.07 Å². The minimum absolute atomic E-state index is 0.185. The Hall–Kier alpha value is -0.0831. The monoisotopic (exact) mass is 186 g/mol. The fraction of sp³-hybridized carbons (Fsp3) is 0.800. The van der Waals surface area contributed by atoms with E-state index in [2.05, 4.69) is 26.2 Å². The van der Waals surface area contributed by atoms with Crippen molar-refractivity contribution in [2.75, 3.05) is 0 Å². The molecule has 72 valence electrons. The van der Waals surface area contributed by atoms with Crippen molar-refractivity contribution in [1.82, 2.24) is 0 Å². The molecule has 1 N–H and O–H groups in total. The Balaban J connectivity index is 4.04. The summed E-state index contributed by atoms with van der Waals surface area (Å²) in [6.45, 7) is 12.6. The van der Waals surface area contributed by atoms with Crippen molar-refractivity contribution in [2.45, 2.75) is 45.1 Å². The highest BCUT2D eigenvalue weighted by Gasteiger charge is 2.22. The summed E-state index contributed by atoms with van der Waals surface area (Å²) in [6, 6.07) is 1.19. The molecule has 0 aromatic carbocycles. The Bertz CT molecular complexity index is 135. The molecule has 0 aliphatic carbocycles. The van der Waals surface area contributed by atoms with Crippen molar-refractivity contribution in [3.05, 3.63) is 12.7 Å². The summed E-state index contributed by atoms with van der Waals surface area (Å²) in [7, 11) is -1.03. The van der Waals surface area contributed by atoms with Crippen LogP contribution < -0.4 is 0 Å². The van der Waals surface area contributed by atoms with Crippen LogP contribution in [0.4, 0.5) is 0 Å². The minimum atomic E-state index is -1.03.